The average Bonchev–Trinajstić information content (AvgIpc) is 2.82. The number of piperidine rings is 1. The molecule has 0 spiro atoms. The van der Waals surface area contributed by atoms with Crippen molar-refractivity contribution in [2.75, 3.05) is 26.2 Å². The molecule has 0 saturated carbocycles. The van der Waals surface area contributed by atoms with Gasteiger partial charge in [-0.15, -0.1) is 11.3 Å². The van der Waals surface area contributed by atoms with E-state index < -0.39 is 0 Å². The van der Waals surface area contributed by atoms with E-state index in [1.165, 1.54) is 54.7 Å². The van der Waals surface area contributed by atoms with Gasteiger partial charge in [-0.2, -0.15) is 0 Å². The summed E-state index contributed by atoms with van der Waals surface area (Å²) in [6.07, 6.45) is 5.48. The molecule has 0 radical (unpaired) electrons. The van der Waals surface area contributed by atoms with Crippen LogP contribution in [-0.4, -0.2) is 31.1 Å². The van der Waals surface area contributed by atoms with Crippen molar-refractivity contribution in [1.82, 2.24) is 10.2 Å². The van der Waals surface area contributed by atoms with Gasteiger partial charge in [-0.25, -0.2) is 0 Å². The molecule has 18 heavy (non-hydrogen) atoms. The summed E-state index contributed by atoms with van der Waals surface area (Å²) in [5, 5.41) is 5.77. The third kappa shape index (κ3) is 4.65. The summed E-state index contributed by atoms with van der Waals surface area (Å²) < 4.78 is 1.20. The van der Waals surface area contributed by atoms with Crippen molar-refractivity contribution in [3.63, 3.8) is 0 Å². The second-order valence-corrected chi connectivity index (χ2v) is 6.96. The zero-order valence-electron chi connectivity index (χ0n) is 11.1. The number of thiophene rings is 1. The molecule has 2 nitrogen and oxygen atoms in total. The summed E-state index contributed by atoms with van der Waals surface area (Å²) in [6, 6.07) is 2.69. The van der Waals surface area contributed by atoms with E-state index >= 15 is 0 Å². The van der Waals surface area contributed by atoms with Crippen LogP contribution in [0.3, 0.4) is 0 Å². The van der Waals surface area contributed by atoms with E-state index in [2.05, 4.69) is 44.5 Å². The van der Waals surface area contributed by atoms with Crippen molar-refractivity contribution in [1.29, 1.82) is 0 Å². The van der Waals surface area contributed by atoms with Crippen LogP contribution in [0, 0.1) is 0 Å². The Morgan fingerprint density at radius 3 is 2.83 bits per heavy atom. The Kier molecular flexibility index (Phi) is 6.15. The molecule has 1 fully saturated rings. The lowest BCUT2D eigenvalue weighted by Gasteiger charge is -2.26. The normalized spacial score (nSPS) is 19.0. The molecule has 2 heterocycles. The van der Waals surface area contributed by atoms with Gasteiger partial charge in [0, 0.05) is 20.8 Å². The minimum atomic E-state index is 0.475. The van der Waals surface area contributed by atoms with Crippen LogP contribution >= 0.6 is 27.3 Å². The van der Waals surface area contributed by atoms with Crippen LogP contribution in [0.15, 0.2) is 15.9 Å². The third-order valence-electron chi connectivity index (χ3n) is 3.56. The number of rotatable bonds is 6. The third-order valence-corrected chi connectivity index (χ3v) is 5.44. The Hall–Kier alpha value is 0.1000. The molecule has 1 aromatic rings. The van der Waals surface area contributed by atoms with E-state index in [-0.39, 0.29) is 0 Å². The molecule has 0 aromatic carbocycles. The van der Waals surface area contributed by atoms with Gasteiger partial charge in [-0.1, -0.05) is 6.42 Å². The van der Waals surface area contributed by atoms with Crippen LogP contribution in [-0.2, 0) is 0 Å². The van der Waals surface area contributed by atoms with Crippen molar-refractivity contribution in [2.45, 2.75) is 38.6 Å². The number of likely N-dealkylation sites (tertiary alicyclic amines) is 1. The molecule has 102 valence electrons. The fraction of sp³-hybridized carbons (Fsp3) is 0.714. The highest BCUT2D eigenvalue weighted by atomic mass is 79.9. The number of nitrogens with zero attached hydrogens (tertiary/aromatic N) is 1. The van der Waals surface area contributed by atoms with Gasteiger partial charge in [0.05, 0.1) is 0 Å². The average molecular weight is 331 g/mol. The van der Waals surface area contributed by atoms with Crippen LogP contribution in [0.1, 0.15) is 43.5 Å². The molecule has 1 aliphatic heterocycles. The second kappa shape index (κ2) is 7.63. The summed E-state index contributed by atoms with van der Waals surface area (Å²) >= 11 is 5.33. The summed E-state index contributed by atoms with van der Waals surface area (Å²) in [6.45, 7) is 7.25. The monoisotopic (exact) mass is 330 g/mol. The number of hydrogen-bond donors (Lipinski definition) is 1. The Morgan fingerprint density at radius 2 is 2.17 bits per heavy atom. The first-order chi connectivity index (χ1) is 8.75. The lowest BCUT2D eigenvalue weighted by molar-refractivity contribution is 0.225. The lowest BCUT2D eigenvalue weighted by atomic mass is 10.1. The molecule has 1 N–H and O–H groups in total. The van der Waals surface area contributed by atoms with E-state index in [4.69, 9.17) is 0 Å². The maximum absolute atomic E-state index is 3.61. The first-order valence-electron chi connectivity index (χ1n) is 6.95. The van der Waals surface area contributed by atoms with E-state index in [0.717, 1.165) is 6.54 Å². The zero-order valence-corrected chi connectivity index (χ0v) is 13.5. The molecule has 0 amide bonds. The van der Waals surface area contributed by atoms with E-state index in [9.17, 15) is 0 Å². The van der Waals surface area contributed by atoms with Gasteiger partial charge in [0.15, 0.2) is 0 Å². The van der Waals surface area contributed by atoms with Crippen LogP contribution in [0.25, 0.3) is 0 Å². The summed E-state index contributed by atoms with van der Waals surface area (Å²) in [5.41, 5.74) is 0. The first kappa shape index (κ1) is 14.5. The quantitative estimate of drug-likeness (QED) is 0.792. The standard InChI is InChI=1S/C14H23BrN2S/c1-12(14-10-13(15)11-18-14)16-6-5-9-17-7-3-2-4-8-17/h10-12,16H,2-9H2,1H3. The Labute approximate surface area is 123 Å². The van der Waals surface area contributed by atoms with E-state index in [0.29, 0.717) is 6.04 Å². The van der Waals surface area contributed by atoms with Crippen LogP contribution in [0.2, 0.25) is 0 Å². The van der Waals surface area contributed by atoms with Gasteiger partial charge < -0.3 is 10.2 Å². The highest BCUT2D eigenvalue weighted by molar-refractivity contribution is 9.10. The van der Waals surface area contributed by atoms with Gasteiger partial charge in [0.25, 0.3) is 0 Å². The minimum Gasteiger partial charge on any atom is -0.309 e. The fourth-order valence-corrected chi connectivity index (χ4v) is 3.94. The first-order valence-corrected chi connectivity index (χ1v) is 8.62. The summed E-state index contributed by atoms with van der Waals surface area (Å²) in [7, 11) is 0. The van der Waals surface area contributed by atoms with Crippen molar-refractivity contribution >= 4 is 27.3 Å². The van der Waals surface area contributed by atoms with Crippen molar-refractivity contribution in [2.24, 2.45) is 0 Å². The predicted octanol–water partition coefficient (Wildman–Crippen LogP) is 4.04. The highest BCUT2D eigenvalue weighted by Gasteiger charge is 2.10. The zero-order chi connectivity index (χ0) is 12.8. The fourth-order valence-electron chi connectivity index (χ4n) is 2.46. The van der Waals surface area contributed by atoms with Crippen molar-refractivity contribution < 1.29 is 0 Å². The Morgan fingerprint density at radius 1 is 1.39 bits per heavy atom. The molecule has 1 aliphatic rings. The predicted molar refractivity (Wildman–Crippen MR) is 83.3 cm³/mol. The van der Waals surface area contributed by atoms with Gasteiger partial charge >= 0.3 is 0 Å². The Balaban J connectivity index is 1.60. The lowest BCUT2D eigenvalue weighted by Crippen LogP contribution is -2.32. The van der Waals surface area contributed by atoms with E-state index in [1.54, 1.807) is 0 Å². The van der Waals surface area contributed by atoms with Gasteiger partial charge in [0.1, 0.15) is 0 Å². The Bertz CT molecular complexity index is 347. The van der Waals surface area contributed by atoms with Gasteiger partial charge in [-0.05, 0) is 74.4 Å². The smallest absolute Gasteiger partial charge is 0.0386 e. The molecule has 1 aromatic heterocycles. The molecule has 4 heteroatoms. The topological polar surface area (TPSA) is 15.3 Å². The number of halogens is 1. The number of hydrogen-bond acceptors (Lipinski definition) is 3. The molecule has 2 rings (SSSR count). The largest absolute Gasteiger partial charge is 0.309 e. The summed E-state index contributed by atoms with van der Waals surface area (Å²) in [5.74, 6) is 0. The molecular weight excluding hydrogens is 308 g/mol. The molecule has 1 unspecified atom stereocenters. The maximum atomic E-state index is 3.61. The van der Waals surface area contributed by atoms with Crippen LogP contribution < -0.4 is 5.32 Å². The molecule has 1 atom stereocenters. The van der Waals surface area contributed by atoms with Crippen LogP contribution in [0.5, 0.6) is 0 Å². The van der Waals surface area contributed by atoms with Crippen LogP contribution in [0.4, 0.5) is 0 Å². The molecular formula is C14H23BrN2S. The summed E-state index contributed by atoms with van der Waals surface area (Å²) in [4.78, 5) is 4.03. The maximum Gasteiger partial charge on any atom is 0.0386 e. The molecule has 0 bridgehead atoms. The molecule has 1 saturated heterocycles. The SMILES string of the molecule is CC(NCCCN1CCCCC1)c1cc(Br)cs1. The van der Waals surface area contributed by atoms with Crippen molar-refractivity contribution in [3.8, 4) is 0 Å². The molecule has 0 aliphatic carbocycles. The second-order valence-electron chi connectivity index (χ2n) is 5.10. The van der Waals surface area contributed by atoms with Gasteiger partial charge in [0.2, 0.25) is 0 Å². The number of nitrogens with one attached hydrogen (secondary N) is 1. The van der Waals surface area contributed by atoms with E-state index in [1.807, 2.05) is 11.3 Å². The van der Waals surface area contributed by atoms with Crippen molar-refractivity contribution in [3.05, 3.63) is 20.8 Å². The minimum absolute atomic E-state index is 0.475. The van der Waals surface area contributed by atoms with Gasteiger partial charge in [-0.3, -0.25) is 0 Å². The highest BCUT2D eigenvalue weighted by Crippen LogP contribution is 2.25.